The molecule has 0 radical (unpaired) electrons. The number of rotatable bonds is 5. The van der Waals surface area contributed by atoms with Crippen LogP contribution in [0.1, 0.15) is 63.5 Å². The van der Waals surface area contributed by atoms with Gasteiger partial charge in [-0.2, -0.15) is 0 Å². The molecule has 2 nitrogen and oxygen atoms in total. The third-order valence-electron chi connectivity index (χ3n) is 4.95. The molecular weight excluding hydrogens is 248 g/mol. The van der Waals surface area contributed by atoms with Crippen molar-refractivity contribution in [2.75, 3.05) is 0 Å². The molecule has 1 N–H and O–H groups in total. The maximum Gasteiger partial charge on any atom is 0.314 e. The molecule has 110 valence electrons. The molecule has 1 aromatic carbocycles. The van der Waals surface area contributed by atoms with Crippen LogP contribution in [0.3, 0.4) is 0 Å². The van der Waals surface area contributed by atoms with Gasteiger partial charge in [-0.25, -0.2) is 0 Å². The zero-order valence-corrected chi connectivity index (χ0v) is 12.7. The fourth-order valence-corrected chi connectivity index (χ4v) is 3.58. The molecule has 2 rings (SSSR count). The smallest absolute Gasteiger partial charge is 0.314 e. The fourth-order valence-electron chi connectivity index (χ4n) is 3.58. The maximum atomic E-state index is 11.9. The van der Waals surface area contributed by atoms with Gasteiger partial charge in [0.05, 0.1) is 5.41 Å². The maximum absolute atomic E-state index is 11.9. The van der Waals surface area contributed by atoms with Crippen LogP contribution in [-0.4, -0.2) is 11.1 Å². The van der Waals surface area contributed by atoms with E-state index in [1.54, 1.807) is 0 Å². The lowest BCUT2D eigenvalue weighted by molar-refractivity contribution is -0.145. The summed E-state index contributed by atoms with van der Waals surface area (Å²) in [5, 5.41) is 9.82. The molecule has 0 atom stereocenters. The highest BCUT2D eigenvalue weighted by molar-refractivity contribution is 5.81. The Balaban J connectivity index is 2.25. The number of hydrogen-bond acceptors (Lipinski definition) is 1. The van der Waals surface area contributed by atoms with Crippen LogP contribution in [0.5, 0.6) is 0 Å². The fraction of sp³-hybridized carbons (Fsp3) is 0.611. The van der Waals surface area contributed by atoms with Crippen LogP contribution >= 0.6 is 0 Å². The van der Waals surface area contributed by atoms with Crippen LogP contribution in [0.15, 0.2) is 24.3 Å². The lowest BCUT2D eigenvalue weighted by Crippen LogP contribution is -2.39. The predicted octanol–water partition coefficient (Wildman–Crippen LogP) is 4.56. The Labute approximate surface area is 122 Å². The van der Waals surface area contributed by atoms with E-state index < -0.39 is 11.4 Å². The minimum Gasteiger partial charge on any atom is -0.481 e. The summed E-state index contributed by atoms with van der Waals surface area (Å²) in [6.07, 6.45) is 7.09. The SMILES string of the molecule is CCCC1CCC(C(=O)O)(c2cccc(CC)c2)CC1. The van der Waals surface area contributed by atoms with Crippen molar-refractivity contribution in [3.63, 3.8) is 0 Å². The van der Waals surface area contributed by atoms with Crippen molar-refractivity contribution in [1.82, 2.24) is 0 Å². The van der Waals surface area contributed by atoms with Gasteiger partial charge in [-0.05, 0) is 49.1 Å². The highest BCUT2D eigenvalue weighted by Crippen LogP contribution is 2.43. The molecule has 0 spiro atoms. The topological polar surface area (TPSA) is 37.3 Å². The average molecular weight is 274 g/mol. The molecule has 20 heavy (non-hydrogen) atoms. The second-order valence-electron chi connectivity index (χ2n) is 6.17. The highest BCUT2D eigenvalue weighted by atomic mass is 16.4. The van der Waals surface area contributed by atoms with E-state index in [2.05, 4.69) is 26.0 Å². The number of aryl methyl sites for hydroxylation is 1. The number of aliphatic carboxylic acids is 1. The summed E-state index contributed by atoms with van der Waals surface area (Å²) in [4.78, 5) is 11.9. The van der Waals surface area contributed by atoms with Gasteiger partial charge in [0.1, 0.15) is 0 Å². The van der Waals surface area contributed by atoms with Gasteiger partial charge in [0.15, 0.2) is 0 Å². The summed E-state index contributed by atoms with van der Waals surface area (Å²) in [6.45, 7) is 4.33. The molecular formula is C18H26O2. The van der Waals surface area contributed by atoms with Crippen molar-refractivity contribution < 1.29 is 9.90 Å². The van der Waals surface area contributed by atoms with Crippen LogP contribution in [0.4, 0.5) is 0 Å². The first-order valence-electron chi connectivity index (χ1n) is 7.95. The molecule has 1 aliphatic carbocycles. The van der Waals surface area contributed by atoms with Gasteiger partial charge in [0, 0.05) is 0 Å². The van der Waals surface area contributed by atoms with Gasteiger partial charge >= 0.3 is 5.97 Å². The van der Waals surface area contributed by atoms with Crippen LogP contribution < -0.4 is 0 Å². The first kappa shape index (κ1) is 15.1. The largest absolute Gasteiger partial charge is 0.481 e. The molecule has 1 aromatic rings. The standard InChI is InChI=1S/C18H26O2/c1-3-6-15-9-11-18(12-10-15,17(19)20)16-8-5-7-14(4-2)13-16/h5,7-8,13,15H,3-4,6,9-12H2,1-2H3,(H,19,20). The van der Waals surface area contributed by atoms with E-state index in [9.17, 15) is 9.90 Å². The predicted molar refractivity (Wildman–Crippen MR) is 82.0 cm³/mol. The van der Waals surface area contributed by atoms with E-state index in [4.69, 9.17) is 0 Å². The molecule has 0 aromatic heterocycles. The summed E-state index contributed by atoms with van der Waals surface area (Å²) in [5.41, 5.74) is 1.60. The van der Waals surface area contributed by atoms with Crippen LogP contribution in [0, 0.1) is 5.92 Å². The van der Waals surface area contributed by atoms with Crippen molar-refractivity contribution in [3.8, 4) is 0 Å². The van der Waals surface area contributed by atoms with Crippen molar-refractivity contribution in [3.05, 3.63) is 35.4 Å². The molecule has 0 saturated heterocycles. The number of carbonyl (C=O) groups is 1. The molecule has 0 aliphatic heterocycles. The number of benzene rings is 1. The van der Waals surface area contributed by atoms with E-state index in [1.807, 2.05) is 12.1 Å². The minimum absolute atomic E-state index is 0.638. The van der Waals surface area contributed by atoms with E-state index >= 15 is 0 Å². The van der Waals surface area contributed by atoms with Gasteiger partial charge in [0.2, 0.25) is 0 Å². The van der Waals surface area contributed by atoms with Gasteiger partial charge in [-0.3, -0.25) is 4.79 Å². The summed E-state index contributed by atoms with van der Waals surface area (Å²) in [6, 6.07) is 8.21. The first-order chi connectivity index (χ1) is 9.62. The summed E-state index contributed by atoms with van der Waals surface area (Å²) in [5.74, 6) is 0.0857. The zero-order valence-electron chi connectivity index (χ0n) is 12.7. The molecule has 2 heteroatoms. The Morgan fingerprint density at radius 2 is 2.00 bits per heavy atom. The van der Waals surface area contributed by atoms with E-state index in [0.29, 0.717) is 0 Å². The van der Waals surface area contributed by atoms with Crippen molar-refractivity contribution in [2.24, 2.45) is 5.92 Å². The Morgan fingerprint density at radius 1 is 1.30 bits per heavy atom. The van der Waals surface area contributed by atoms with Gasteiger partial charge in [0.25, 0.3) is 0 Å². The minimum atomic E-state index is -0.643. The quantitative estimate of drug-likeness (QED) is 0.854. The molecule has 0 bridgehead atoms. The van der Waals surface area contributed by atoms with Crippen molar-refractivity contribution >= 4 is 5.97 Å². The average Bonchev–Trinajstić information content (AvgIpc) is 2.48. The summed E-state index contributed by atoms with van der Waals surface area (Å²) < 4.78 is 0. The summed E-state index contributed by atoms with van der Waals surface area (Å²) >= 11 is 0. The second kappa shape index (κ2) is 6.43. The Bertz CT molecular complexity index is 456. The normalized spacial score (nSPS) is 26.4. The van der Waals surface area contributed by atoms with Crippen molar-refractivity contribution in [1.29, 1.82) is 0 Å². The lowest BCUT2D eigenvalue weighted by Gasteiger charge is -2.37. The monoisotopic (exact) mass is 274 g/mol. The highest BCUT2D eigenvalue weighted by Gasteiger charge is 2.43. The van der Waals surface area contributed by atoms with Gasteiger partial charge < -0.3 is 5.11 Å². The number of hydrogen-bond donors (Lipinski definition) is 1. The van der Waals surface area contributed by atoms with E-state index in [-0.39, 0.29) is 0 Å². The first-order valence-corrected chi connectivity index (χ1v) is 7.95. The van der Waals surface area contributed by atoms with E-state index in [0.717, 1.165) is 43.6 Å². The lowest BCUT2D eigenvalue weighted by atomic mass is 9.66. The van der Waals surface area contributed by atoms with Gasteiger partial charge in [-0.1, -0.05) is 51.0 Å². The Kier molecular flexibility index (Phi) is 4.85. The number of carboxylic acid groups (broad SMARTS) is 1. The van der Waals surface area contributed by atoms with Crippen LogP contribution in [0.25, 0.3) is 0 Å². The van der Waals surface area contributed by atoms with Crippen LogP contribution in [0.2, 0.25) is 0 Å². The third-order valence-corrected chi connectivity index (χ3v) is 4.95. The molecule has 1 saturated carbocycles. The molecule has 1 aliphatic rings. The van der Waals surface area contributed by atoms with E-state index in [1.165, 1.54) is 18.4 Å². The molecule has 0 amide bonds. The Morgan fingerprint density at radius 3 is 2.55 bits per heavy atom. The van der Waals surface area contributed by atoms with Crippen LogP contribution in [-0.2, 0) is 16.6 Å². The Hall–Kier alpha value is -1.31. The summed E-state index contributed by atoms with van der Waals surface area (Å²) in [7, 11) is 0. The van der Waals surface area contributed by atoms with Gasteiger partial charge in [-0.15, -0.1) is 0 Å². The molecule has 0 unspecified atom stereocenters. The molecule has 1 fully saturated rings. The third kappa shape index (κ3) is 2.89. The molecule has 0 heterocycles. The number of carboxylic acids is 1. The van der Waals surface area contributed by atoms with Crippen molar-refractivity contribution in [2.45, 2.75) is 64.2 Å². The zero-order chi connectivity index (χ0) is 14.6. The second-order valence-corrected chi connectivity index (χ2v) is 6.17.